The summed E-state index contributed by atoms with van der Waals surface area (Å²) in [7, 11) is 0. The third-order valence-electron chi connectivity index (χ3n) is 9.27. The molecule has 9 aromatic rings. The largest absolute Gasteiger partial charge is 0.456 e. The molecule has 0 saturated carbocycles. The first-order chi connectivity index (χ1) is 23.8. The zero-order chi connectivity index (χ0) is 31.9. The smallest absolute Gasteiger partial charge is 0.135 e. The molecule has 9 rings (SSSR count). The molecule has 2 heteroatoms. The molecular formula is C46H31NO. The van der Waals surface area contributed by atoms with Crippen LogP contribution in [0.4, 0.5) is 17.1 Å². The van der Waals surface area contributed by atoms with E-state index >= 15 is 0 Å². The zero-order valence-corrected chi connectivity index (χ0v) is 26.3. The van der Waals surface area contributed by atoms with E-state index in [9.17, 15) is 0 Å². The van der Waals surface area contributed by atoms with E-state index in [1.165, 1.54) is 38.2 Å². The number of fused-ring (bicyclic) bond motifs is 3. The molecule has 0 radical (unpaired) electrons. The lowest BCUT2D eigenvalue weighted by atomic mass is 9.94. The van der Waals surface area contributed by atoms with Crippen LogP contribution in [0.1, 0.15) is 0 Å². The highest BCUT2D eigenvalue weighted by Crippen LogP contribution is 2.44. The van der Waals surface area contributed by atoms with Crippen LogP contribution in [0.15, 0.2) is 192 Å². The molecule has 0 atom stereocenters. The molecule has 48 heavy (non-hydrogen) atoms. The first-order valence-corrected chi connectivity index (χ1v) is 16.3. The molecular weight excluding hydrogens is 583 g/mol. The van der Waals surface area contributed by atoms with Crippen molar-refractivity contribution in [1.29, 1.82) is 0 Å². The fraction of sp³-hybridized carbons (Fsp3) is 0. The summed E-state index contributed by atoms with van der Waals surface area (Å²) in [6.45, 7) is 0. The lowest BCUT2D eigenvalue weighted by Gasteiger charge is -2.29. The molecule has 0 N–H and O–H groups in total. The Bertz CT molecular complexity index is 2520. The van der Waals surface area contributed by atoms with Crippen LogP contribution in [0.2, 0.25) is 0 Å². The normalized spacial score (nSPS) is 11.3. The molecule has 1 heterocycles. The van der Waals surface area contributed by atoms with Crippen LogP contribution in [0, 0.1) is 0 Å². The van der Waals surface area contributed by atoms with Crippen LogP contribution in [-0.4, -0.2) is 0 Å². The van der Waals surface area contributed by atoms with E-state index in [-0.39, 0.29) is 0 Å². The highest BCUT2D eigenvalue weighted by Gasteiger charge is 2.19. The van der Waals surface area contributed by atoms with Crippen LogP contribution in [-0.2, 0) is 0 Å². The van der Waals surface area contributed by atoms with Gasteiger partial charge in [-0.05, 0) is 75.5 Å². The van der Waals surface area contributed by atoms with Gasteiger partial charge in [-0.25, -0.2) is 0 Å². The van der Waals surface area contributed by atoms with Gasteiger partial charge in [0.2, 0.25) is 0 Å². The van der Waals surface area contributed by atoms with Gasteiger partial charge in [-0.15, -0.1) is 0 Å². The summed E-state index contributed by atoms with van der Waals surface area (Å²) in [5, 5.41) is 5.91. The molecule has 0 amide bonds. The molecule has 0 aliphatic carbocycles. The van der Waals surface area contributed by atoms with Crippen molar-refractivity contribution in [2.45, 2.75) is 0 Å². The second kappa shape index (κ2) is 11.8. The van der Waals surface area contributed by atoms with Gasteiger partial charge in [0.15, 0.2) is 0 Å². The van der Waals surface area contributed by atoms with Crippen molar-refractivity contribution < 1.29 is 4.42 Å². The molecule has 0 unspecified atom stereocenters. The summed E-state index contributed by atoms with van der Waals surface area (Å²) in [5.41, 5.74) is 10.1. The SMILES string of the molecule is c1ccc(-c2ccc(N(c3cccc4ccccc34)c3ccc(-c4cccc(-c5cc6ccccc6o5)c4)c4ccccc34)cc2)cc1. The maximum absolute atomic E-state index is 6.25. The third kappa shape index (κ3) is 4.92. The Morgan fingerprint density at radius 2 is 0.958 bits per heavy atom. The molecule has 226 valence electrons. The second-order valence-electron chi connectivity index (χ2n) is 12.2. The highest BCUT2D eigenvalue weighted by molar-refractivity contribution is 6.09. The minimum Gasteiger partial charge on any atom is -0.456 e. The van der Waals surface area contributed by atoms with Crippen molar-refractivity contribution in [2.75, 3.05) is 4.90 Å². The topological polar surface area (TPSA) is 16.4 Å². The van der Waals surface area contributed by atoms with Gasteiger partial charge < -0.3 is 9.32 Å². The van der Waals surface area contributed by atoms with Crippen molar-refractivity contribution in [3.63, 3.8) is 0 Å². The average molecular weight is 614 g/mol. The van der Waals surface area contributed by atoms with E-state index in [1.807, 2.05) is 18.2 Å². The number of anilines is 3. The summed E-state index contributed by atoms with van der Waals surface area (Å²) in [6, 6.07) is 67.0. The van der Waals surface area contributed by atoms with E-state index in [0.29, 0.717) is 0 Å². The fourth-order valence-corrected chi connectivity index (χ4v) is 6.94. The Hall–Kier alpha value is -6.38. The van der Waals surface area contributed by atoms with Crippen LogP contribution >= 0.6 is 0 Å². The zero-order valence-electron chi connectivity index (χ0n) is 26.3. The number of hydrogen-bond acceptors (Lipinski definition) is 2. The molecule has 0 spiro atoms. The summed E-state index contributed by atoms with van der Waals surface area (Å²) in [5.74, 6) is 0.875. The van der Waals surface area contributed by atoms with E-state index < -0.39 is 0 Å². The van der Waals surface area contributed by atoms with Crippen molar-refractivity contribution in [1.82, 2.24) is 0 Å². The minimum atomic E-state index is 0.875. The first-order valence-electron chi connectivity index (χ1n) is 16.3. The maximum atomic E-state index is 6.25. The van der Waals surface area contributed by atoms with Crippen LogP contribution < -0.4 is 4.90 Å². The molecule has 8 aromatic carbocycles. The lowest BCUT2D eigenvalue weighted by molar-refractivity contribution is 0.631. The van der Waals surface area contributed by atoms with Gasteiger partial charge in [-0.1, -0.05) is 146 Å². The van der Waals surface area contributed by atoms with Gasteiger partial charge >= 0.3 is 0 Å². The van der Waals surface area contributed by atoms with Crippen molar-refractivity contribution in [3.8, 4) is 33.6 Å². The van der Waals surface area contributed by atoms with Crippen LogP contribution in [0.3, 0.4) is 0 Å². The highest BCUT2D eigenvalue weighted by atomic mass is 16.3. The number of para-hydroxylation sites is 1. The van der Waals surface area contributed by atoms with Gasteiger partial charge in [0.05, 0.1) is 11.4 Å². The monoisotopic (exact) mass is 613 g/mol. The molecule has 1 aromatic heterocycles. The van der Waals surface area contributed by atoms with E-state index in [0.717, 1.165) is 44.9 Å². The summed E-state index contributed by atoms with van der Waals surface area (Å²) >= 11 is 0. The van der Waals surface area contributed by atoms with Gasteiger partial charge in [0.25, 0.3) is 0 Å². The Labute approximate surface area is 279 Å². The number of rotatable bonds is 6. The molecule has 0 fully saturated rings. The Balaban J connectivity index is 1.21. The fourth-order valence-electron chi connectivity index (χ4n) is 6.94. The Morgan fingerprint density at radius 1 is 0.354 bits per heavy atom. The minimum absolute atomic E-state index is 0.875. The van der Waals surface area contributed by atoms with Gasteiger partial charge in [-0.2, -0.15) is 0 Å². The first kappa shape index (κ1) is 27.9. The predicted octanol–water partition coefficient (Wildman–Crippen LogP) is 13.2. The molecule has 2 nitrogen and oxygen atoms in total. The van der Waals surface area contributed by atoms with E-state index in [2.05, 4.69) is 175 Å². The standard InChI is InChI=1S/C46H31NO/c1-2-12-32(13-3-1)33-24-26-38(27-25-33)47(43-22-11-16-34-14-4-6-19-40(34)43)44-29-28-39(41-20-7-8-21-42(41)44)35-17-10-18-36(30-35)46-31-37-15-5-9-23-45(37)48-46/h1-31H. The second-order valence-corrected chi connectivity index (χ2v) is 12.2. The molecule has 0 saturated heterocycles. The van der Waals surface area contributed by atoms with E-state index in [4.69, 9.17) is 4.42 Å². The quantitative estimate of drug-likeness (QED) is 0.185. The van der Waals surface area contributed by atoms with E-state index in [1.54, 1.807) is 0 Å². The third-order valence-corrected chi connectivity index (χ3v) is 9.27. The summed E-state index contributed by atoms with van der Waals surface area (Å²) < 4.78 is 6.25. The summed E-state index contributed by atoms with van der Waals surface area (Å²) in [6.07, 6.45) is 0. The van der Waals surface area contributed by atoms with Crippen LogP contribution in [0.25, 0.3) is 66.1 Å². The number of furan rings is 1. The molecule has 0 bridgehead atoms. The maximum Gasteiger partial charge on any atom is 0.135 e. The van der Waals surface area contributed by atoms with Crippen molar-refractivity contribution >= 4 is 49.6 Å². The molecule has 0 aliphatic rings. The van der Waals surface area contributed by atoms with Gasteiger partial charge in [-0.3, -0.25) is 0 Å². The summed E-state index contributed by atoms with van der Waals surface area (Å²) in [4.78, 5) is 2.41. The Morgan fingerprint density at radius 3 is 1.79 bits per heavy atom. The van der Waals surface area contributed by atoms with Gasteiger partial charge in [0.1, 0.15) is 11.3 Å². The van der Waals surface area contributed by atoms with Crippen molar-refractivity contribution in [2.24, 2.45) is 0 Å². The number of benzene rings is 8. The predicted molar refractivity (Wildman–Crippen MR) is 202 cm³/mol. The van der Waals surface area contributed by atoms with Crippen LogP contribution in [0.5, 0.6) is 0 Å². The van der Waals surface area contributed by atoms with Crippen molar-refractivity contribution in [3.05, 3.63) is 188 Å². The average Bonchev–Trinajstić information content (AvgIpc) is 3.61. The molecule has 0 aliphatic heterocycles. The number of hydrogen-bond donors (Lipinski definition) is 0. The lowest BCUT2D eigenvalue weighted by Crippen LogP contribution is -2.11. The Kier molecular flexibility index (Phi) is 6.84. The number of nitrogens with zero attached hydrogens (tertiary/aromatic N) is 1. The van der Waals surface area contributed by atoms with Gasteiger partial charge in [0, 0.05) is 27.4 Å².